The zero-order valence-corrected chi connectivity index (χ0v) is 17.3. The van der Waals surface area contributed by atoms with E-state index in [9.17, 15) is 9.59 Å². The number of carbonyl (C=O) groups excluding carboxylic acids is 2. The quantitative estimate of drug-likeness (QED) is 0.780. The molecule has 0 spiro atoms. The maximum absolute atomic E-state index is 13.2. The molecule has 3 saturated heterocycles. The molecule has 0 N–H and O–H groups in total. The molecule has 156 valence electrons. The Kier molecular flexibility index (Phi) is 5.31. The number of pyridine rings is 1. The Balaban J connectivity index is 1.39. The first-order chi connectivity index (χ1) is 14.2. The largest absolute Gasteiger partial charge is 0.338 e. The van der Waals surface area contributed by atoms with Gasteiger partial charge in [-0.25, -0.2) is 0 Å². The number of likely N-dealkylation sites (tertiary alicyclic amines) is 1. The number of hydrogen-bond acceptors (Lipinski definition) is 3. The third-order valence-electron chi connectivity index (χ3n) is 8.01. The maximum atomic E-state index is 13.2. The third-order valence-corrected chi connectivity index (χ3v) is 8.01. The van der Waals surface area contributed by atoms with Crippen molar-refractivity contribution in [3.8, 4) is 0 Å². The zero-order chi connectivity index (χ0) is 19.8. The monoisotopic (exact) mass is 395 g/mol. The molecule has 2 amide bonds. The third kappa shape index (κ3) is 3.69. The Morgan fingerprint density at radius 1 is 1.00 bits per heavy atom. The lowest BCUT2D eigenvalue weighted by atomic mass is 9.69. The van der Waals surface area contributed by atoms with Crippen LogP contribution in [0.25, 0.3) is 0 Å². The first-order valence-corrected chi connectivity index (χ1v) is 11.7. The van der Waals surface area contributed by atoms with Gasteiger partial charge in [-0.1, -0.05) is 32.1 Å². The summed E-state index contributed by atoms with van der Waals surface area (Å²) in [5.74, 6) is 2.14. The van der Waals surface area contributed by atoms with Crippen molar-refractivity contribution in [3.05, 3.63) is 30.1 Å². The Bertz CT molecular complexity index is 746. The smallest absolute Gasteiger partial charge is 0.253 e. The fraction of sp³-hybridized carbons (Fsp3) is 0.708. The molecule has 2 bridgehead atoms. The molecule has 5 rings (SSSR count). The second-order valence-electron chi connectivity index (χ2n) is 9.77. The molecule has 0 unspecified atom stereocenters. The first-order valence-electron chi connectivity index (χ1n) is 11.7. The molecule has 4 fully saturated rings. The molecule has 1 saturated carbocycles. The van der Waals surface area contributed by atoms with Gasteiger partial charge in [0.25, 0.3) is 5.91 Å². The summed E-state index contributed by atoms with van der Waals surface area (Å²) in [4.78, 5) is 34.6. The van der Waals surface area contributed by atoms with Crippen LogP contribution in [0, 0.1) is 17.8 Å². The second kappa shape index (κ2) is 8.08. The van der Waals surface area contributed by atoms with Crippen LogP contribution >= 0.6 is 0 Å². The number of hydrogen-bond donors (Lipinski definition) is 0. The van der Waals surface area contributed by atoms with E-state index < -0.39 is 0 Å². The summed E-state index contributed by atoms with van der Waals surface area (Å²) in [6.45, 7) is 1.59. The number of amides is 2. The van der Waals surface area contributed by atoms with Gasteiger partial charge in [0.1, 0.15) is 0 Å². The predicted molar refractivity (Wildman–Crippen MR) is 111 cm³/mol. The van der Waals surface area contributed by atoms with Gasteiger partial charge in [-0.2, -0.15) is 0 Å². The number of nitrogens with zero attached hydrogens (tertiary/aromatic N) is 3. The highest BCUT2D eigenvalue weighted by Crippen LogP contribution is 2.44. The minimum absolute atomic E-state index is 0.133. The Morgan fingerprint density at radius 2 is 1.76 bits per heavy atom. The van der Waals surface area contributed by atoms with Crippen LogP contribution in [-0.4, -0.2) is 51.8 Å². The van der Waals surface area contributed by atoms with E-state index in [1.165, 1.54) is 38.5 Å². The molecule has 3 aliphatic heterocycles. The van der Waals surface area contributed by atoms with Crippen molar-refractivity contribution >= 4 is 11.8 Å². The van der Waals surface area contributed by atoms with Crippen LogP contribution in [0.1, 0.15) is 74.6 Å². The minimum atomic E-state index is 0.133. The van der Waals surface area contributed by atoms with E-state index in [4.69, 9.17) is 0 Å². The van der Waals surface area contributed by atoms with Gasteiger partial charge in [0.05, 0.1) is 0 Å². The summed E-state index contributed by atoms with van der Waals surface area (Å²) >= 11 is 0. The number of piperidine rings is 3. The van der Waals surface area contributed by atoms with Gasteiger partial charge < -0.3 is 9.80 Å². The Labute approximate surface area is 173 Å². The molecule has 4 aliphatic rings. The van der Waals surface area contributed by atoms with Crippen LogP contribution < -0.4 is 0 Å². The molecule has 4 atom stereocenters. The first kappa shape index (κ1) is 19.1. The van der Waals surface area contributed by atoms with Crippen molar-refractivity contribution in [2.75, 3.05) is 13.1 Å². The van der Waals surface area contributed by atoms with Crippen molar-refractivity contribution in [2.45, 2.75) is 76.3 Å². The van der Waals surface area contributed by atoms with Gasteiger partial charge in [0.2, 0.25) is 5.91 Å². The summed E-state index contributed by atoms with van der Waals surface area (Å²) < 4.78 is 0. The molecular weight excluding hydrogens is 362 g/mol. The maximum Gasteiger partial charge on any atom is 0.253 e. The highest BCUT2D eigenvalue weighted by molar-refractivity contribution is 5.94. The molecule has 29 heavy (non-hydrogen) atoms. The van der Waals surface area contributed by atoms with Crippen molar-refractivity contribution < 1.29 is 9.59 Å². The van der Waals surface area contributed by atoms with Crippen LogP contribution in [0.4, 0.5) is 0 Å². The average molecular weight is 396 g/mol. The fourth-order valence-corrected chi connectivity index (χ4v) is 6.69. The van der Waals surface area contributed by atoms with E-state index in [1.807, 2.05) is 12.1 Å². The lowest BCUT2D eigenvalue weighted by Gasteiger charge is -2.57. The second-order valence-corrected chi connectivity index (χ2v) is 9.77. The summed E-state index contributed by atoms with van der Waals surface area (Å²) in [5, 5.41) is 0. The fourth-order valence-electron chi connectivity index (χ4n) is 6.69. The number of fused-ring (bicyclic) bond motifs is 4. The summed E-state index contributed by atoms with van der Waals surface area (Å²) in [5.41, 5.74) is 0.736. The Morgan fingerprint density at radius 3 is 2.55 bits per heavy atom. The zero-order valence-electron chi connectivity index (χ0n) is 17.3. The van der Waals surface area contributed by atoms with E-state index in [0.717, 1.165) is 50.3 Å². The topological polar surface area (TPSA) is 53.5 Å². The van der Waals surface area contributed by atoms with E-state index >= 15 is 0 Å². The molecule has 1 aromatic heterocycles. The molecule has 0 radical (unpaired) electrons. The van der Waals surface area contributed by atoms with Crippen molar-refractivity contribution in [1.82, 2.24) is 14.8 Å². The van der Waals surface area contributed by atoms with Crippen molar-refractivity contribution in [1.29, 1.82) is 0 Å². The van der Waals surface area contributed by atoms with Gasteiger partial charge in [-0.05, 0) is 55.6 Å². The van der Waals surface area contributed by atoms with E-state index in [0.29, 0.717) is 29.8 Å². The summed E-state index contributed by atoms with van der Waals surface area (Å²) in [6.07, 6.45) is 15.3. The van der Waals surface area contributed by atoms with Crippen molar-refractivity contribution in [3.63, 3.8) is 0 Å². The lowest BCUT2D eigenvalue weighted by molar-refractivity contribution is -0.153. The summed E-state index contributed by atoms with van der Waals surface area (Å²) in [6, 6.07) is 4.32. The molecular formula is C24H33N3O2. The van der Waals surface area contributed by atoms with Crippen LogP contribution in [0.3, 0.4) is 0 Å². The molecule has 1 aliphatic carbocycles. The molecule has 5 nitrogen and oxygen atoms in total. The SMILES string of the molecule is O=C(c1ccncc1)N1C[C@H]2C[C@@H](C1)[C@H](CC1CCCCC1)N1C(=O)CCC[C@@H]21. The lowest BCUT2D eigenvalue weighted by Crippen LogP contribution is -2.65. The number of rotatable bonds is 3. The van der Waals surface area contributed by atoms with Gasteiger partial charge in [-0.15, -0.1) is 0 Å². The molecule has 5 heteroatoms. The standard InChI is InChI=1S/C24H33N3O2/c28-23-8-4-7-21-19-14-20(22(27(21)23)13-17-5-2-1-3-6-17)16-26(15-19)24(29)18-9-11-25-12-10-18/h9-12,17,19-22H,1-8,13-16H2/t19-,20+,21+,22+/m1/s1. The van der Waals surface area contributed by atoms with Crippen LogP contribution in [0.15, 0.2) is 24.5 Å². The van der Waals surface area contributed by atoms with Gasteiger partial charge in [0.15, 0.2) is 0 Å². The van der Waals surface area contributed by atoms with E-state index in [1.54, 1.807) is 12.4 Å². The normalized spacial score (nSPS) is 32.8. The molecule has 0 aromatic carbocycles. The van der Waals surface area contributed by atoms with Crippen LogP contribution in [0.2, 0.25) is 0 Å². The van der Waals surface area contributed by atoms with Gasteiger partial charge in [0, 0.05) is 49.6 Å². The van der Waals surface area contributed by atoms with Crippen LogP contribution in [-0.2, 0) is 4.79 Å². The van der Waals surface area contributed by atoms with Crippen LogP contribution in [0.5, 0.6) is 0 Å². The number of aromatic nitrogens is 1. The molecule has 4 heterocycles. The highest BCUT2D eigenvalue weighted by Gasteiger charge is 2.50. The predicted octanol–water partition coefficient (Wildman–Crippen LogP) is 3.89. The van der Waals surface area contributed by atoms with E-state index in [-0.39, 0.29) is 5.91 Å². The molecule has 1 aromatic rings. The van der Waals surface area contributed by atoms with Gasteiger partial charge >= 0.3 is 0 Å². The minimum Gasteiger partial charge on any atom is -0.338 e. The average Bonchev–Trinajstić information content (AvgIpc) is 2.77. The van der Waals surface area contributed by atoms with E-state index in [2.05, 4.69) is 14.8 Å². The number of carbonyl (C=O) groups is 2. The Hall–Kier alpha value is -1.91. The summed E-state index contributed by atoms with van der Waals surface area (Å²) in [7, 11) is 0. The highest BCUT2D eigenvalue weighted by atomic mass is 16.2. The van der Waals surface area contributed by atoms with Gasteiger partial charge in [-0.3, -0.25) is 14.6 Å². The van der Waals surface area contributed by atoms with Crippen molar-refractivity contribution in [2.24, 2.45) is 17.8 Å².